The largest absolute Gasteiger partial charge is 0.379 e. The van der Waals surface area contributed by atoms with Crippen molar-refractivity contribution in [3.63, 3.8) is 0 Å². The van der Waals surface area contributed by atoms with E-state index in [0.29, 0.717) is 6.42 Å². The predicted octanol–water partition coefficient (Wildman–Crippen LogP) is -0.848. The Morgan fingerprint density at radius 2 is 2.24 bits per heavy atom. The number of morpholine rings is 1. The van der Waals surface area contributed by atoms with Crippen LogP contribution < -0.4 is 16.0 Å². The van der Waals surface area contributed by atoms with Crippen molar-refractivity contribution in [3.8, 4) is 0 Å². The first-order valence-corrected chi connectivity index (χ1v) is 7.82. The van der Waals surface area contributed by atoms with E-state index in [1.807, 2.05) is 0 Å². The second-order valence-electron chi connectivity index (χ2n) is 5.49. The molecule has 3 N–H and O–H groups in total. The van der Waals surface area contributed by atoms with Crippen LogP contribution in [0.1, 0.15) is 19.3 Å². The van der Waals surface area contributed by atoms with Gasteiger partial charge in [-0.15, -0.1) is 0 Å². The molecular formula is C14H27N5O2. The molecule has 7 nitrogen and oxygen atoms in total. The zero-order valence-electron chi connectivity index (χ0n) is 12.9. The van der Waals surface area contributed by atoms with Crippen LogP contribution in [0.3, 0.4) is 0 Å². The minimum atomic E-state index is 0.156. The molecule has 2 saturated heterocycles. The minimum absolute atomic E-state index is 0.156. The molecule has 0 radical (unpaired) electrons. The number of rotatable bonds is 5. The van der Waals surface area contributed by atoms with Gasteiger partial charge in [0.15, 0.2) is 5.96 Å². The Morgan fingerprint density at radius 3 is 2.95 bits per heavy atom. The molecule has 0 spiro atoms. The Labute approximate surface area is 126 Å². The zero-order chi connectivity index (χ0) is 14.9. The Bertz CT molecular complexity index is 355. The van der Waals surface area contributed by atoms with E-state index in [-0.39, 0.29) is 11.9 Å². The summed E-state index contributed by atoms with van der Waals surface area (Å²) in [6.07, 6.45) is 2.66. The lowest BCUT2D eigenvalue weighted by atomic mass is 10.0. The van der Waals surface area contributed by atoms with Crippen LogP contribution >= 0.6 is 0 Å². The molecule has 0 saturated carbocycles. The Balaban J connectivity index is 1.60. The van der Waals surface area contributed by atoms with Gasteiger partial charge in [0.1, 0.15) is 0 Å². The summed E-state index contributed by atoms with van der Waals surface area (Å²) in [5.41, 5.74) is 0. The van der Waals surface area contributed by atoms with E-state index in [1.54, 1.807) is 7.05 Å². The molecule has 2 rings (SSSR count). The van der Waals surface area contributed by atoms with Crippen molar-refractivity contribution < 1.29 is 9.53 Å². The zero-order valence-corrected chi connectivity index (χ0v) is 12.9. The number of aliphatic imine (C=N–C) groups is 1. The maximum atomic E-state index is 11.3. The maximum absolute atomic E-state index is 11.3. The lowest BCUT2D eigenvalue weighted by Gasteiger charge is -2.27. The van der Waals surface area contributed by atoms with Gasteiger partial charge in [0.25, 0.3) is 0 Å². The summed E-state index contributed by atoms with van der Waals surface area (Å²) >= 11 is 0. The molecule has 0 bridgehead atoms. The van der Waals surface area contributed by atoms with E-state index >= 15 is 0 Å². The summed E-state index contributed by atoms with van der Waals surface area (Å²) < 4.78 is 5.33. The quantitative estimate of drug-likeness (QED) is 0.455. The van der Waals surface area contributed by atoms with Gasteiger partial charge in [-0.05, 0) is 12.8 Å². The van der Waals surface area contributed by atoms with Crippen molar-refractivity contribution in [2.75, 3.05) is 53.0 Å². The molecule has 1 amide bonds. The van der Waals surface area contributed by atoms with Crippen LogP contribution in [0.5, 0.6) is 0 Å². The lowest BCUT2D eigenvalue weighted by molar-refractivity contribution is -0.123. The molecule has 1 atom stereocenters. The molecule has 0 aromatic heterocycles. The van der Waals surface area contributed by atoms with E-state index in [9.17, 15) is 4.79 Å². The van der Waals surface area contributed by atoms with Crippen LogP contribution in [-0.2, 0) is 9.53 Å². The summed E-state index contributed by atoms with van der Waals surface area (Å²) in [6, 6.07) is 0.212. The fourth-order valence-electron chi connectivity index (χ4n) is 2.63. The minimum Gasteiger partial charge on any atom is -0.379 e. The molecule has 7 heteroatoms. The van der Waals surface area contributed by atoms with Gasteiger partial charge in [-0.2, -0.15) is 0 Å². The molecule has 0 aromatic rings. The van der Waals surface area contributed by atoms with Gasteiger partial charge in [0, 0.05) is 52.2 Å². The van der Waals surface area contributed by atoms with Crippen LogP contribution in [0.15, 0.2) is 4.99 Å². The number of hydrogen-bond donors (Lipinski definition) is 3. The van der Waals surface area contributed by atoms with Crippen LogP contribution in [0.25, 0.3) is 0 Å². The number of guanidine groups is 1. The summed E-state index contributed by atoms with van der Waals surface area (Å²) in [4.78, 5) is 17.9. The summed E-state index contributed by atoms with van der Waals surface area (Å²) in [5, 5.41) is 9.59. The summed E-state index contributed by atoms with van der Waals surface area (Å²) in [6.45, 7) is 6.23. The first kappa shape index (κ1) is 16.0. The standard InChI is InChI=1S/C14H27N5O2/c1-15-14(16-5-6-19-7-9-21-10-8-19)17-11-12-3-2-4-13(20)18-12/h12H,2-11H2,1H3,(H,18,20)(H2,15,16,17). The Kier molecular flexibility index (Phi) is 6.75. The van der Waals surface area contributed by atoms with Gasteiger partial charge >= 0.3 is 0 Å². The average molecular weight is 297 g/mol. The smallest absolute Gasteiger partial charge is 0.220 e. The summed E-state index contributed by atoms with van der Waals surface area (Å²) in [7, 11) is 1.77. The number of nitrogens with zero attached hydrogens (tertiary/aromatic N) is 2. The van der Waals surface area contributed by atoms with Crippen molar-refractivity contribution in [2.45, 2.75) is 25.3 Å². The fraction of sp³-hybridized carbons (Fsp3) is 0.857. The molecule has 2 aliphatic heterocycles. The molecule has 2 aliphatic rings. The first-order valence-electron chi connectivity index (χ1n) is 7.82. The fourth-order valence-corrected chi connectivity index (χ4v) is 2.63. The van der Waals surface area contributed by atoms with E-state index in [2.05, 4.69) is 25.8 Å². The van der Waals surface area contributed by atoms with Crippen molar-refractivity contribution >= 4 is 11.9 Å². The van der Waals surface area contributed by atoms with E-state index in [1.165, 1.54) is 0 Å². The predicted molar refractivity (Wildman–Crippen MR) is 82.4 cm³/mol. The second-order valence-corrected chi connectivity index (χ2v) is 5.49. The normalized spacial score (nSPS) is 24.5. The molecule has 2 fully saturated rings. The SMILES string of the molecule is CN=C(NCCN1CCOCC1)NCC1CCCC(=O)N1. The number of carbonyl (C=O) groups is 1. The lowest BCUT2D eigenvalue weighted by Crippen LogP contribution is -2.50. The molecule has 1 unspecified atom stereocenters. The van der Waals surface area contributed by atoms with Crippen LogP contribution in [0.4, 0.5) is 0 Å². The van der Waals surface area contributed by atoms with Gasteiger partial charge in [0.05, 0.1) is 13.2 Å². The molecule has 0 aliphatic carbocycles. The highest BCUT2D eigenvalue weighted by Gasteiger charge is 2.18. The topological polar surface area (TPSA) is 78.0 Å². The van der Waals surface area contributed by atoms with Gasteiger partial charge in [-0.1, -0.05) is 0 Å². The van der Waals surface area contributed by atoms with E-state index < -0.39 is 0 Å². The molecule has 21 heavy (non-hydrogen) atoms. The Hall–Kier alpha value is -1.34. The third kappa shape index (κ3) is 5.89. The number of nitrogens with one attached hydrogen (secondary N) is 3. The van der Waals surface area contributed by atoms with Gasteiger partial charge in [-0.3, -0.25) is 14.7 Å². The van der Waals surface area contributed by atoms with Crippen molar-refractivity contribution in [1.29, 1.82) is 0 Å². The van der Waals surface area contributed by atoms with E-state index in [0.717, 1.165) is 64.7 Å². The average Bonchev–Trinajstić information content (AvgIpc) is 2.52. The van der Waals surface area contributed by atoms with Crippen LogP contribution in [0.2, 0.25) is 0 Å². The number of piperidine rings is 1. The molecular weight excluding hydrogens is 270 g/mol. The van der Waals surface area contributed by atoms with Crippen molar-refractivity contribution in [2.24, 2.45) is 4.99 Å². The van der Waals surface area contributed by atoms with Crippen molar-refractivity contribution in [3.05, 3.63) is 0 Å². The van der Waals surface area contributed by atoms with Gasteiger partial charge in [0.2, 0.25) is 5.91 Å². The molecule has 2 heterocycles. The molecule has 120 valence electrons. The van der Waals surface area contributed by atoms with Gasteiger partial charge in [-0.25, -0.2) is 0 Å². The number of ether oxygens (including phenoxy) is 1. The summed E-state index contributed by atoms with van der Waals surface area (Å²) in [5.74, 6) is 0.950. The van der Waals surface area contributed by atoms with Crippen molar-refractivity contribution in [1.82, 2.24) is 20.9 Å². The van der Waals surface area contributed by atoms with Crippen LogP contribution in [0, 0.1) is 0 Å². The Morgan fingerprint density at radius 1 is 1.43 bits per heavy atom. The third-order valence-electron chi connectivity index (χ3n) is 3.89. The monoisotopic (exact) mass is 297 g/mol. The highest BCUT2D eigenvalue weighted by Crippen LogP contribution is 2.06. The maximum Gasteiger partial charge on any atom is 0.220 e. The van der Waals surface area contributed by atoms with Crippen LogP contribution in [-0.4, -0.2) is 75.8 Å². The van der Waals surface area contributed by atoms with E-state index in [4.69, 9.17) is 4.74 Å². The number of amides is 1. The molecule has 0 aromatic carbocycles. The second kappa shape index (κ2) is 8.84. The number of hydrogen-bond acceptors (Lipinski definition) is 4. The highest BCUT2D eigenvalue weighted by atomic mass is 16.5. The highest BCUT2D eigenvalue weighted by molar-refractivity contribution is 5.80. The number of carbonyl (C=O) groups excluding carboxylic acids is 1. The third-order valence-corrected chi connectivity index (χ3v) is 3.89. The van der Waals surface area contributed by atoms with Gasteiger partial charge < -0.3 is 20.7 Å². The first-order chi connectivity index (χ1) is 10.3.